The summed E-state index contributed by atoms with van der Waals surface area (Å²) in [7, 11) is 0. The van der Waals surface area contributed by atoms with Gasteiger partial charge in [0.2, 0.25) is 0 Å². The van der Waals surface area contributed by atoms with E-state index in [4.69, 9.17) is 9.47 Å². The third kappa shape index (κ3) is 3.06. The zero-order valence-corrected chi connectivity index (χ0v) is 13.1. The largest absolute Gasteiger partial charge is 0.488 e. The molecule has 3 aromatic rings. The Hall–Kier alpha value is -2.38. The maximum atomic E-state index is 12.3. The average Bonchev–Trinajstić information content (AvgIpc) is 3.25. The summed E-state index contributed by atoms with van der Waals surface area (Å²) in [5, 5.41) is 2.88. The molecule has 0 bridgehead atoms. The first kappa shape index (κ1) is 14.2. The SMILES string of the molecule is O=C(Nc1ccc(OC2CCOC2)cc1)c1cn2ccnc2s1. The van der Waals surface area contributed by atoms with Gasteiger partial charge >= 0.3 is 0 Å². The topological polar surface area (TPSA) is 64.9 Å². The van der Waals surface area contributed by atoms with Crippen LogP contribution in [0.3, 0.4) is 0 Å². The maximum Gasteiger partial charge on any atom is 0.267 e. The molecule has 1 amide bonds. The van der Waals surface area contributed by atoms with E-state index in [0.717, 1.165) is 29.4 Å². The Morgan fingerprint density at radius 3 is 3.00 bits per heavy atom. The Balaban J connectivity index is 1.41. The maximum absolute atomic E-state index is 12.3. The molecule has 0 aliphatic carbocycles. The van der Waals surface area contributed by atoms with Gasteiger partial charge in [-0.2, -0.15) is 0 Å². The van der Waals surface area contributed by atoms with Gasteiger partial charge in [0, 0.05) is 30.7 Å². The highest BCUT2D eigenvalue weighted by atomic mass is 32.1. The lowest BCUT2D eigenvalue weighted by Gasteiger charge is -2.12. The van der Waals surface area contributed by atoms with Crippen LogP contribution in [-0.4, -0.2) is 34.6 Å². The summed E-state index contributed by atoms with van der Waals surface area (Å²) in [6, 6.07) is 7.38. The second kappa shape index (κ2) is 6.02. The minimum Gasteiger partial charge on any atom is -0.488 e. The number of hydrogen-bond donors (Lipinski definition) is 1. The molecule has 1 aromatic carbocycles. The summed E-state index contributed by atoms with van der Waals surface area (Å²) >= 11 is 1.36. The van der Waals surface area contributed by atoms with E-state index in [2.05, 4.69) is 10.3 Å². The van der Waals surface area contributed by atoms with Crippen LogP contribution >= 0.6 is 11.3 Å². The van der Waals surface area contributed by atoms with E-state index in [9.17, 15) is 4.79 Å². The zero-order chi connectivity index (χ0) is 15.6. The number of nitrogens with one attached hydrogen (secondary N) is 1. The van der Waals surface area contributed by atoms with Crippen molar-refractivity contribution >= 4 is 27.9 Å². The van der Waals surface area contributed by atoms with E-state index in [-0.39, 0.29) is 12.0 Å². The predicted molar refractivity (Wildman–Crippen MR) is 87.3 cm³/mol. The van der Waals surface area contributed by atoms with Crippen LogP contribution in [0.2, 0.25) is 0 Å². The van der Waals surface area contributed by atoms with Gasteiger partial charge in [0.25, 0.3) is 5.91 Å². The Kier molecular flexibility index (Phi) is 3.72. The molecule has 0 saturated carbocycles. The van der Waals surface area contributed by atoms with Gasteiger partial charge in [-0.1, -0.05) is 11.3 Å². The number of fused-ring (bicyclic) bond motifs is 1. The van der Waals surface area contributed by atoms with Crippen molar-refractivity contribution in [2.75, 3.05) is 18.5 Å². The van der Waals surface area contributed by atoms with Crippen molar-refractivity contribution in [3.05, 3.63) is 47.7 Å². The fraction of sp³-hybridized carbons (Fsp3) is 0.250. The molecule has 1 fully saturated rings. The molecule has 118 valence electrons. The fourth-order valence-electron chi connectivity index (χ4n) is 2.44. The van der Waals surface area contributed by atoms with E-state index in [1.165, 1.54) is 11.3 Å². The van der Waals surface area contributed by atoms with E-state index in [1.807, 2.05) is 34.9 Å². The molecule has 2 aromatic heterocycles. The van der Waals surface area contributed by atoms with Gasteiger partial charge in [-0.05, 0) is 24.3 Å². The molecule has 1 aliphatic rings. The lowest BCUT2D eigenvalue weighted by molar-refractivity contribution is 0.103. The summed E-state index contributed by atoms with van der Waals surface area (Å²) < 4.78 is 12.9. The van der Waals surface area contributed by atoms with Crippen molar-refractivity contribution in [3.8, 4) is 5.75 Å². The highest BCUT2D eigenvalue weighted by molar-refractivity contribution is 7.18. The molecule has 4 rings (SSSR count). The van der Waals surface area contributed by atoms with E-state index in [1.54, 1.807) is 12.4 Å². The molecule has 0 radical (unpaired) electrons. The van der Waals surface area contributed by atoms with Crippen molar-refractivity contribution < 1.29 is 14.3 Å². The molecule has 0 spiro atoms. The van der Waals surface area contributed by atoms with Crippen molar-refractivity contribution in [1.29, 1.82) is 0 Å². The fourth-order valence-corrected chi connectivity index (χ4v) is 3.28. The number of aromatic nitrogens is 2. The summed E-state index contributed by atoms with van der Waals surface area (Å²) in [5.74, 6) is 0.645. The van der Waals surface area contributed by atoms with Crippen molar-refractivity contribution in [1.82, 2.24) is 9.38 Å². The second-order valence-corrected chi connectivity index (χ2v) is 6.30. The minimum atomic E-state index is -0.140. The van der Waals surface area contributed by atoms with Crippen molar-refractivity contribution in [3.63, 3.8) is 0 Å². The van der Waals surface area contributed by atoms with Crippen molar-refractivity contribution in [2.24, 2.45) is 0 Å². The average molecular weight is 329 g/mol. The molecule has 23 heavy (non-hydrogen) atoms. The van der Waals surface area contributed by atoms with E-state index >= 15 is 0 Å². The monoisotopic (exact) mass is 329 g/mol. The van der Waals surface area contributed by atoms with Gasteiger partial charge in [0.15, 0.2) is 4.96 Å². The van der Waals surface area contributed by atoms with Gasteiger partial charge < -0.3 is 14.8 Å². The number of benzene rings is 1. The predicted octanol–water partition coefficient (Wildman–Crippen LogP) is 2.82. The Morgan fingerprint density at radius 1 is 1.39 bits per heavy atom. The lowest BCUT2D eigenvalue weighted by Crippen LogP contribution is -2.15. The smallest absolute Gasteiger partial charge is 0.267 e. The van der Waals surface area contributed by atoms with Gasteiger partial charge in [0.1, 0.15) is 16.7 Å². The third-order valence-electron chi connectivity index (χ3n) is 3.62. The number of anilines is 1. The second-order valence-electron chi connectivity index (χ2n) is 5.29. The Bertz CT molecular complexity index is 790. The quantitative estimate of drug-likeness (QED) is 0.799. The number of rotatable bonds is 4. The highest BCUT2D eigenvalue weighted by Crippen LogP contribution is 2.21. The van der Waals surface area contributed by atoms with Gasteiger partial charge in [-0.25, -0.2) is 4.98 Å². The number of amides is 1. The van der Waals surface area contributed by atoms with Crippen LogP contribution in [-0.2, 0) is 4.74 Å². The first-order valence-electron chi connectivity index (χ1n) is 7.36. The van der Waals surface area contributed by atoms with Crippen LogP contribution in [0.1, 0.15) is 16.1 Å². The molecule has 1 saturated heterocycles. The first-order chi connectivity index (χ1) is 11.3. The molecule has 1 unspecified atom stereocenters. The van der Waals surface area contributed by atoms with Crippen LogP contribution in [0.5, 0.6) is 5.75 Å². The van der Waals surface area contributed by atoms with Crippen LogP contribution in [0.25, 0.3) is 4.96 Å². The molecule has 1 atom stereocenters. The van der Waals surface area contributed by atoms with Crippen LogP contribution in [0.4, 0.5) is 5.69 Å². The summed E-state index contributed by atoms with van der Waals surface area (Å²) in [5.41, 5.74) is 0.732. The van der Waals surface area contributed by atoms with E-state index in [0.29, 0.717) is 11.5 Å². The van der Waals surface area contributed by atoms with E-state index < -0.39 is 0 Å². The molecule has 7 heteroatoms. The standard InChI is InChI=1S/C16H15N3O3S/c20-15(14-9-19-7-6-17-16(19)23-14)18-11-1-3-12(4-2-11)22-13-5-8-21-10-13/h1-4,6-7,9,13H,5,8,10H2,(H,18,20). The van der Waals surface area contributed by atoms with Crippen LogP contribution in [0, 0.1) is 0 Å². The van der Waals surface area contributed by atoms with Gasteiger partial charge in [-0.15, -0.1) is 0 Å². The number of imidazole rings is 1. The Labute approximate surface area is 136 Å². The summed E-state index contributed by atoms with van der Waals surface area (Å²) in [4.78, 5) is 17.8. The minimum absolute atomic E-state index is 0.123. The Morgan fingerprint density at radius 2 is 2.26 bits per heavy atom. The van der Waals surface area contributed by atoms with Crippen LogP contribution in [0.15, 0.2) is 42.9 Å². The normalized spacial score (nSPS) is 17.5. The lowest BCUT2D eigenvalue weighted by atomic mass is 10.2. The molecular formula is C16H15N3O3S. The summed E-state index contributed by atoms with van der Waals surface area (Å²) in [6.07, 6.45) is 6.35. The number of carbonyl (C=O) groups excluding carboxylic acids is 1. The van der Waals surface area contributed by atoms with Crippen molar-refractivity contribution in [2.45, 2.75) is 12.5 Å². The van der Waals surface area contributed by atoms with Gasteiger partial charge in [0.05, 0.1) is 13.2 Å². The summed E-state index contributed by atoms with van der Waals surface area (Å²) in [6.45, 7) is 1.39. The third-order valence-corrected chi connectivity index (χ3v) is 4.63. The number of nitrogens with zero attached hydrogens (tertiary/aromatic N) is 2. The molecule has 6 nitrogen and oxygen atoms in total. The number of ether oxygens (including phenoxy) is 2. The zero-order valence-electron chi connectivity index (χ0n) is 12.3. The molecular weight excluding hydrogens is 314 g/mol. The number of thiazole rings is 1. The molecule has 1 aliphatic heterocycles. The number of carbonyl (C=O) groups is 1. The van der Waals surface area contributed by atoms with Gasteiger partial charge in [-0.3, -0.25) is 9.20 Å². The highest BCUT2D eigenvalue weighted by Gasteiger charge is 2.17. The number of hydrogen-bond acceptors (Lipinski definition) is 5. The van der Waals surface area contributed by atoms with Crippen LogP contribution < -0.4 is 10.1 Å². The first-order valence-corrected chi connectivity index (χ1v) is 8.18. The molecule has 3 heterocycles. The molecule has 1 N–H and O–H groups in total.